The van der Waals surface area contributed by atoms with Gasteiger partial charge in [0.05, 0.1) is 11.0 Å². The molecule has 5 rings (SSSR count). The van der Waals surface area contributed by atoms with E-state index >= 15 is 0 Å². The molecule has 2 heterocycles. The van der Waals surface area contributed by atoms with Crippen LogP contribution in [0, 0.1) is 6.92 Å². The van der Waals surface area contributed by atoms with E-state index < -0.39 is 0 Å². The van der Waals surface area contributed by atoms with Crippen LogP contribution in [0.4, 0.5) is 5.69 Å². The molecule has 1 aromatic heterocycles. The summed E-state index contributed by atoms with van der Waals surface area (Å²) in [6, 6.07) is 23.5. The molecule has 0 unspecified atom stereocenters. The minimum absolute atomic E-state index is 0.0559. The minimum Gasteiger partial charge on any atom is -0.352 e. The zero-order valence-electron chi connectivity index (χ0n) is 19.3. The number of aryl methyl sites for hydroxylation is 2. The van der Waals surface area contributed by atoms with Crippen molar-refractivity contribution in [3.63, 3.8) is 0 Å². The molecule has 1 aliphatic heterocycles. The molecule has 3 aromatic carbocycles. The first-order chi connectivity index (χ1) is 16.6. The molecular formula is C28H28N4O2. The first kappa shape index (κ1) is 21.9. The highest BCUT2D eigenvalue weighted by Gasteiger charge is 2.24. The van der Waals surface area contributed by atoms with Gasteiger partial charge in [-0.15, -0.1) is 0 Å². The number of anilines is 1. The number of carbonyl (C=O) groups excluding carboxylic acids is 2. The summed E-state index contributed by atoms with van der Waals surface area (Å²) >= 11 is 0. The molecule has 0 fully saturated rings. The van der Waals surface area contributed by atoms with Gasteiger partial charge in [0.2, 0.25) is 5.91 Å². The van der Waals surface area contributed by atoms with Gasteiger partial charge in [0, 0.05) is 30.8 Å². The lowest BCUT2D eigenvalue weighted by atomic mass is 10.0. The second-order valence-electron chi connectivity index (χ2n) is 8.76. The number of nitrogens with one attached hydrogen (secondary N) is 1. The van der Waals surface area contributed by atoms with Gasteiger partial charge in [-0.25, -0.2) is 4.98 Å². The number of para-hydroxylation sites is 3. The Bertz CT molecular complexity index is 1360. The van der Waals surface area contributed by atoms with Gasteiger partial charge < -0.3 is 14.8 Å². The normalized spacial score (nSPS) is 13.0. The first-order valence-electron chi connectivity index (χ1n) is 11.8. The SMILES string of the molecule is Cc1cccc(C(=O)NCCc2nc3ccccc3n2CC(=O)N2CCCc3ccccc32)c1. The molecule has 6 heteroatoms. The number of aromatic nitrogens is 2. The number of benzene rings is 3. The first-order valence-corrected chi connectivity index (χ1v) is 11.8. The summed E-state index contributed by atoms with van der Waals surface area (Å²) in [4.78, 5) is 32.7. The van der Waals surface area contributed by atoms with Gasteiger partial charge in [-0.2, -0.15) is 0 Å². The summed E-state index contributed by atoms with van der Waals surface area (Å²) in [5.74, 6) is 0.747. The van der Waals surface area contributed by atoms with Crippen LogP contribution < -0.4 is 10.2 Å². The van der Waals surface area contributed by atoms with Crippen LogP contribution in [0.1, 0.15) is 33.7 Å². The predicted molar refractivity (Wildman–Crippen MR) is 134 cm³/mol. The molecule has 4 aromatic rings. The third kappa shape index (κ3) is 4.44. The highest BCUT2D eigenvalue weighted by atomic mass is 16.2. The van der Waals surface area contributed by atoms with Crippen LogP contribution in [0.2, 0.25) is 0 Å². The third-order valence-corrected chi connectivity index (χ3v) is 6.35. The average Bonchev–Trinajstić information content (AvgIpc) is 3.20. The Balaban J connectivity index is 1.34. The number of rotatable bonds is 6. The van der Waals surface area contributed by atoms with Crippen LogP contribution in [-0.4, -0.2) is 34.5 Å². The fourth-order valence-corrected chi connectivity index (χ4v) is 4.68. The van der Waals surface area contributed by atoms with Crippen molar-refractivity contribution in [3.8, 4) is 0 Å². The molecule has 0 atom stereocenters. The quantitative estimate of drug-likeness (QED) is 0.474. The molecule has 1 N–H and O–H groups in total. The van der Waals surface area contributed by atoms with Gasteiger partial charge >= 0.3 is 0 Å². The van der Waals surface area contributed by atoms with E-state index in [1.54, 1.807) is 0 Å². The number of amides is 2. The van der Waals surface area contributed by atoms with Crippen molar-refractivity contribution in [3.05, 3.63) is 95.3 Å². The third-order valence-electron chi connectivity index (χ3n) is 6.35. The minimum atomic E-state index is -0.104. The lowest BCUT2D eigenvalue weighted by Crippen LogP contribution is -2.38. The summed E-state index contributed by atoms with van der Waals surface area (Å²) in [6.07, 6.45) is 2.50. The molecular weight excluding hydrogens is 424 g/mol. The topological polar surface area (TPSA) is 67.2 Å². The van der Waals surface area contributed by atoms with Crippen molar-refractivity contribution >= 4 is 28.5 Å². The molecule has 1 aliphatic rings. The molecule has 0 radical (unpaired) electrons. The molecule has 0 saturated heterocycles. The zero-order valence-corrected chi connectivity index (χ0v) is 19.3. The number of carbonyl (C=O) groups is 2. The monoisotopic (exact) mass is 452 g/mol. The van der Waals surface area contributed by atoms with Crippen molar-refractivity contribution in [2.45, 2.75) is 32.7 Å². The summed E-state index contributed by atoms with van der Waals surface area (Å²) in [6.45, 7) is 3.36. The number of imidazole rings is 1. The van der Waals surface area contributed by atoms with Gasteiger partial charge in [0.25, 0.3) is 5.91 Å². The highest BCUT2D eigenvalue weighted by Crippen LogP contribution is 2.27. The van der Waals surface area contributed by atoms with Gasteiger partial charge in [0.15, 0.2) is 0 Å². The van der Waals surface area contributed by atoms with E-state index in [1.807, 2.05) is 83.1 Å². The van der Waals surface area contributed by atoms with E-state index in [9.17, 15) is 9.59 Å². The largest absolute Gasteiger partial charge is 0.352 e. The molecule has 0 saturated carbocycles. The van der Waals surface area contributed by atoms with Crippen LogP contribution in [0.25, 0.3) is 11.0 Å². The summed E-state index contributed by atoms with van der Waals surface area (Å²) in [7, 11) is 0. The standard InChI is InChI=1S/C28H28N4O2/c1-20-8-6-10-22(18-20)28(34)29-16-15-26-30-23-12-3-5-14-25(23)32(26)19-27(33)31-17-7-11-21-9-2-4-13-24(21)31/h2-6,8-10,12-14,18H,7,11,15-17,19H2,1H3,(H,29,34). The predicted octanol–water partition coefficient (Wildman–Crippen LogP) is 4.30. The van der Waals surface area contributed by atoms with E-state index in [4.69, 9.17) is 4.98 Å². The summed E-state index contributed by atoms with van der Waals surface area (Å²) in [5, 5.41) is 2.99. The maximum atomic E-state index is 13.4. The van der Waals surface area contributed by atoms with Crippen LogP contribution in [0.15, 0.2) is 72.8 Å². The van der Waals surface area contributed by atoms with E-state index in [-0.39, 0.29) is 18.4 Å². The van der Waals surface area contributed by atoms with E-state index in [2.05, 4.69) is 11.4 Å². The van der Waals surface area contributed by atoms with Crippen molar-refractivity contribution in [2.75, 3.05) is 18.0 Å². The zero-order chi connectivity index (χ0) is 23.5. The number of hydrogen-bond donors (Lipinski definition) is 1. The maximum Gasteiger partial charge on any atom is 0.251 e. The van der Waals surface area contributed by atoms with Gasteiger partial charge in [0.1, 0.15) is 12.4 Å². The Kier molecular flexibility index (Phi) is 6.12. The van der Waals surface area contributed by atoms with Crippen molar-refractivity contribution in [2.24, 2.45) is 0 Å². The van der Waals surface area contributed by atoms with Crippen LogP contribution in [-0.2, 0) is 24.2 Å². The van der Waals surface area contributed by atoms with Crippen molar-refractivity contribution < 1.29 is 9.59 Å². The number of nitrogens with zero attached hydrogens (tertiary/aromatic N) is 3. The fourth-order valence-electron chi connectivity index (χ4n) is 4.68. The maximum absolute atomic E-state index is 13.4. The summed E-state index contributed by atoms with van der Waals surface area (Å²) in [5.41, 5.74) is 5.71. The Morgan fingerprint density at radius 1 is 1.00 bits per heavy atom. The summed E-state index contributed by atoms with van der Waals surface area (Å²) < 4.78 is 1.99. The van der Waals surface area contributed by atoms with Gasteiger partial charge in [-0.3, -0.25) is 9.59 Å². The second-order valence-corrected chi connectivity index (χ2v) is 8.76. The Morgan fingerprint density at radius 2 is 1.82 bits per heavy atom. The van der Waals surface area contributed by atoms with Crippen LogP contribution >= 0.6 is 0 Å². The molecule has 34 heavy (non-hydrogen) atoms. The fraction of sp³-hybridized carbons (Fsp3) is 0.250. The average molecular weight is 453 g/mol. The van der Waals surface area contributed by atoms with Crippen molar-refractivity contribution in [1.82, 2.24) is 14.9 Å². The van der Waals surface area contributed by atoms with E-state index in [0.717, 1.165) is 47.5 Å². The van der Waals surface area contributed by atoms with Crippen LogP contribution in [0.3, 0.4) is 0 Å². The van der Waals surface area contributed by atoms with Gasteiger partial charge in [-0.05, 0) is 55.7 Å². The Morgan fingerprint density at radius 3 is 2.71 bits per heavy atom. The molecule has 172 valence electrons. The Hall–Kier alpha value is -3.93. The van der Waals surface area contributed by atoms with Gasteiger partial charge in [-0.1, -0.05) is 48.0 Å². The molecule has 2 amide bonds. The van der Waals surface area contributed by atoms with Crippen LogP contribution in [0.5, 0.6) is 0 Å². The lowest BCUT2D eigenvalue weighted by molar-refractivity contribution is -0.119. The molecule has 6 nitrogen and oxygen atoms in total. The molecule has 0 spiro atoms. The van der Waals surface area contributed by atoms with E-state index in [0.29, 0.717) is 18.5 Å². The highest BCUT2D eigenvalue weighted by molar-refractivity contribution is 5.95. The van der Waals surface area contributed by atoms with Crippen molar-refractivity contribution in [1.29, 1.82) is 0 Å². The Labute approximate surface area is 199 Å². The molecule has 0 bridgehead atoms. The number of hydrogen-bond acceptors (Lipinski definition) is 3. The smallest absolute Gasteiger partial charge is 0.251 e. The second kappa shape index (κ2) is 9.51. The number of fused-ring (bicyclic) bond motifs is 2. The van der Waals surface area contributed by atoms with E-state index in [1.165, 1.54) is 5.56 Å². The lowest BCUT2D eigenvalue weighted by Gasteiger charge is -2.29. The molecule has 0 aliphatic carbocycles.